The van der Waals surface area contributed by atoms with Crippen LogP contribution < -0.4 is 15.4 Å². The van der Waals surface area contributed by atoms with Crippen LogP contribution in [0, 0.1) is 5.82 Å². The van der Waals surface area contributed by atoms with Gasteiger partial charge in [-0.05, 0) is 30.3 Å². The van der Waals surface area contributed by atoms with E-state index in [1.54, 1.807) is 18.2 Å². The zero-order chi connectivity index (χ0) is 20.1. The van der Waals surface area contributed by atoms with Gasteiger partial charge in [-0.15, -0.1) is 0 Å². The molecule has 0 fully saturated rings. The van der Waals surface area contributed by atoms with Gasteiger partial charge >= 0.3 is 0 Å². The summed E-state index contributed by atoms with van der Waals surface area (Å²) >= 11 is 5.83. The summed E-state index contributed by atoms with van der Waals surface area (Å²) in [5.41, 5.74) is 1.59. The molecule has 1 amide bonds. The molecule has 2 aromatic carbocycles. The number of benzene rings is 2. The van der Waals surface area contributed by atoms with E-state index < -0.39 is 5.82 Å². The topological polar surface area (TPSA) is 76.1 Å². The molecule has 0 saturated carbocycles. The first kappa shape index (κ1) is 19.6. The fourth-order valence-corrected chi connectivity index (χ4v) is 2.69. The van der Waals surface area contributed by atoms with Gasteiger partial charge < -0.3 is 15.4 Å². The molecule has 2 radical (unpaired) electrons. The zero-order valence-electron chi connectivity index (χ0n) is 14.9. The fourth-order valence-electron chi connectivity index (χ4n) is 2.51. The summed E-state index contributed by atoms with van der Waals surface area (Å²) in [5.74, 6) is 0.0413. The van der Waals surface area contributed by atoms with Gasteiger partial charge in [-0.25, -0.2) is 14.4 Å². The predicted molar refractivity (Wildman–Crippen MR) is 109 cm³/mol. The third kappa shape index (κ3) is 4.40. The number of aromatic nitrogens is 2. The standard InChI is InChI=1S/C19H15BClFN4O2/c1-28-17-9-15-12(8-16(17)26-18(27)3-2-6-20)19(24-10-23-15)25-11-4-5-14(22)13(21)7-11/h2-5,7-10H,6H2,1H3,(H,26,27)(H,23,24,25)/b3-2+. The van der Waals surface area contributed by atoms with E-state index in [0.29, 0.717) is 33.8 Å². The lowest BCUT2D eigenvalue weighted by Crippen LogP contribution is -2.09. The van der Waals surface area contributed by atoms with Gasteiger partial charge in [0.15, 0.2) is 0 Å². The molecule has 0 aliphatic carbocycles. The van der Waals surface area contributed by atoms with Crippen LogP contribution in [0.2, 0.25) is 11.3 Å². The normalized spacial score (nSPS) is 11.0. The van der Waals surface area contributed by atoms with Crippen molar-refractivity contribution in [3.8, 4) is 5.75 Å². The van der Waals surface area contributed by atoms with Crippen LogP contribution in [-0.4, -0.2) is 30.8 Å². The minimum absolute atomic E-state index is 0.00956. The molecule has 0 aliphatic heterocycles. The van der Waals surface area contributed by atoms with Crippen LogP contribution in [0.5, 0.6) is 5.75 Å². The first-order valence-corrected chi connectivity index (χ1v) is 8.62. The van der Waals surface area contributed by atoms with Crippen LogP contribution in [0.3, 0.4) is 0 Å². The number of anilines is 3. The van der Waals surface area contributed by atoms with Crippen LogP contribution in [0.25, 0.3) is 10.9 Å². The number of nitrogens with zero attached hydrogens (tertiary/aromatic N) is 2. The monoisotopic (exact) mass is 396 g/mol. The molecule has 0 bridgehead atoms. The molecular weight excluding hydrogens is 381 g/mol. The van der Waals surface area contributed by atoms with Crippen molar-refractivity contribution in [1.82, 2.24) is 9.97 Å². The molecule has 140 valence electrons. The lowest BCUT2D eigenvalue weighted by atomic mass is 10.1. The van der Waals surface area contributed by atoms with Gasteiger partial charge in [-0.3, -0.25) is 4.79 Å². The molecule has 9 heteroatoms. The summed E-state index contributed by atoms with van der Waals surface area (Å²) in [4.78, 5) is 20.5. The fraction of sp³-hybridized carbons (Fsp3) is 0.105. The van der Waals surface area contributed by atoms with Crippen molar-refractivity contribution in [2.45, 2.75) is 6.32 Å². The Morgan fingerprint density at radius 3 is 2.86 bits per heavy atom. The van der Waals surface area contributed by atoms with E-state index in [2.05, 4.69) is 20.6 Å². The van der Waals surface area contributed by atoms with Crippen molar-refractivity contribution < 1.29 is 13.9 Å². The average Bonchev–Trinajstić information content (AvgIpc) is 2.69. The Hall–Kier alpha value is -3.13. The Kier molecular flexibility index (Phi) is 6.11. The van der Waals surface area contributed by atoms with Gasteiger partial charge in [-0.1, -0.05) is 24.0 Å². The predicted octanol–water partition coefficient (Wildman–Crippen LogP) is 4.26. The number of allylic oxidation sites excluding steroid dienone is 1. The van der Waals surface area contributed by atoms with E-state index in [1.165, 1.54) is 37.7 Å². The average molecular weight is 397 g/mol. The molecular formula is C19H15BClFN4O2. The van der Waals surface area contributed by atoms with Gasteiger partial charge in [0.2, 0.25) is 5.91 Å². The number of carbonyl (C=O) groups excluding carboxylic acids is 1. The van der Waals surface area contributed by atoms with Crippen molar-refractivity contribution in [2.24, 2.45) is 0 Å². The highest BCUT2D eigenvalue weighted by Crippen LogP contribution is 2.33. The number of nitrogens with one attached hydrogen (secondary N) is 2. The van der Waals surface area contributed by atoms with Crippen LogP contribution in [0.1, 0.15) is 0 Å². The second kappa shape index (κ2) is 8.71. The summed E-state index contributed by atoms with van der Waals surface area (Å²) in [7, 11) is 6.86. The van der Waals surface area contributed by atoms with Gasteiger partial charge in [0.1, 0.15) is 23.7 Å². The van der Waals surface area contributed by atoms with Crippen LogP contribution in [0.4, 0.5) is 21.6 Å². The molecule has 3 aromatic rings. The molecule has 0 unspecified atom stereocenters. The maximum atomic E-state index is 13.4. The van der Waals surface area contributed by atoms with E-state index in [4.69, 9.17) is 24.2 Å². The quantitative estimate of drug-likeness (QED) is 0.481. The number of ether oxygens (including phenoxy) is 1. The molecule has 0 aliphatic rings. The van der Waals surface area contributed by atoms with Gasteiger partial charge in [0.25, 0.3) is 0 Å². The molecule has 2 N–H and O–H groups in total. The number of halogens is 2. The van der Waals surface area contributed by atoms with Crippen molar-refractivity contribution in [3.63, 3.8) is 0 Å². The number of methoxy groups -OCH3 is 1. The minimum Gasteiger partial charge on any atom is -0.494 e. The highest BCUT2D eigenvalue weighted by Gasteiger charge is 2.12. The Morgan fingerprint density at radius 1 is 1.32 bits per heavy atom. The van der Waals surface area contributed by atoms with Crippen molar-refractivity contribution in [2.75, 3.05) is 17.7 Å². The number of carbonyl (C=O) groups is 1. The molecule has 28 heavy (non-hydrogen) atoms. The number of hydrogen-bond acceptors (Lipinski definition) is 5. The van der Waals surface area contributed by atoms with Crippen LogP contribution in [-0.2, 0) is 4.79 Å². The van der Waals surface area contributed by atoms with Crippen LogP contribution >= 0.6 is 11.6 Å². The van der Waals surface area contributed by atoms with E-state index in [9.17, 15) is 9.18 Å². The van der Waals surface area contributed by atoms with E-state index >= 15 is 0 Å². The Bertz CT molecular complexity index is 1060. The van der Waals surface area contributed by atoms with Gasteiger partial charge in [0.05, 0.1) is 31.2 Å². The van der Waals surface area contributed by atoms with Crippen LogP contribution in [0.15, 0.2) is 48.8 Å². The summed E-state index contributed by atoms with van der Waals surface area (Å²) < 4.78 is 18.7. The number of rotatable bonds is 6. The lowest BCUT2D eigenvalue weighted by molar-refractivity contribution is -0.111. The smallest absolute Gasteiger partial charge is 0.248 e. The third-order valence-electron chi connectivity index (χ3n) is 3.80. The molecule has 3 rings (SSSR count). The first-order chi connectivity index (χ1) is 13.5. The lowest BCUT2D eigenvalue weighted by Gasteiger charge is -2.13. The SMILES string of the molecule is [B]C/C=C/C(=O)Nc1cc2c(Nc3ccc(F)c(Cl)c3)ncnc2cc1OC. The van der Waals surface area contributed by atoms with Crippen molar-refractivity contribution >= 4 is 53.4 Å². The van der Waals surface area contributed by atoms with E-state index in [-0.39, 0.29) is 17.2 Å². The molecule has 1 heterocycles. The summed E-state index contributed by atoms with van der Waals surface area (Å²) in [6.07, 6.45) is 4.52. The largest absolute Gasteiger partial charge is 0.494 e. The Morgan fingerprint density at radius 2 is 2.14 bits per heavy atom. The summed E-state index contributed by atoms with van der Waals surface area (Å²) in [6.45, 7) is 0. The van der Waals surface area contributed by atoms with Crippen molar-refractivity contribution in [1.29, 1.82) is 0 Å². The second-order valence-electron chi connectivity index (χ2n) is 5.67. The number of fused-ring (bicyclic) bond motifs is 1. The second-order valence-corrected chi connectivity index (χ2v) is 6.08. The number of hydrogen-bond donors (Lipinski definition) is 2. The summed E-state index contributed by atoms with van der Waals surface area (Å²) in [5, 5.41) is 6.43. The zero-order valence-corrected chi connectivity index (χ0v) is 15.6. The molecule has 0 saturated heterocycles. The third-order valence-corrected chi connectivity index (χ3v) is 4.09. The van der Waals surface area contributed by atoms with Gasteiger partial charge in [0, 0.05) is 17.1 Å². The van der Waals surface area contributed by atoms with Crippen molar-refractivity contribution in [3.05, 3.63) is 59.7 Å². The maximum Gasteiger partial charge on any atom is 0.248 e. The number of amides is 1. The Balaban J connectivity index is 2.01. The highest BCUT2D eigenvalue weighted by molar-refractivity contribution is 6.31. The minimum atomic E-state index is -0.514. The van der Waals surface area contributed by atoms with Gasteiger partial charge in [-0.2, -0.15) is 0 Å². The van der Waals surface area contributed by atoms with E-state index in [0.717, 1.165) is 0 Å². The summed E-state index contributed by atoms with van der Waals surface area (Å²) in [6, 6.07) is 7.62. The molecule has 1 aromatic heterocycles. The molecule has 0 atom stereocenters. The first-order valence-electron chi connectivity index (χ1n) is 8.24. The van der Waals surface area contributed by atoms with E-state index in [1.807, 2.05) is 0 Å². The highest BCUT2D eigenvalue weighted by atomic mass is 35.5. The maximum absolute atomic E-state index is 13.4. The molecule has 0 spiro atoms. The Labute approximate surface area is 167 Å². The molecule has 6 nitrogen and oxygen atoms in total.